The Morgan fingerprint density at radius 1 is 1.60 bits per heavy atom. The van der Waals surface area contributed by atoms with Gasteiger partial charge in [0.15, 0.2) is 5.13 Å². The average Bonchev–Trinajstić information content (AvgIpc) is 2.87. The lowest BCUT2D eigenvalue weighted by molar-refractivity contribution is 0.0790. The van der Waals surface area contributed by atoms with E-state index < -0.39 is 0 Å². The highest BCUT2D eigenvalue weighted by molar-refractivity contribution is 7.18. The zero-order valence-electron chi connectivity index (χ0n) is 11.5. The fourth-order valence-corrected chi connectivity index (χ4v) is 2.95. The van der Waals surface area contributed by atoms with Gasteiger partial charge in [0.05, 0.1) is 19.8 Å². The second-order valence-corrected chi connectivity index (χ2v) is 5.31. The van der Waals surface area contributed by atoms with Gasteiger partial charge < -0.3 is 20.3 Å². The number of terminal acetylenes is 1. The van der Waals surface area contributed by atoms with Crippen LogP contribution < -0.4 is 10.6 Å². The molecule has 20 heavy (non-hydrogen) atoms. The van der Waals surface area contributed by atoms with Gasteiger partial charge >= 0.3 is 0 Å². The molecule has 1 aliphatic rings. The lowest BCUT2D eigenvalue weighted by atomic mass is 10.4. The average molecular weight is 294 g/mol. The zero-order valence-corrected chi connectivity index (χ0v) is 12.3. The summed E-state index contributed by atoms with van der Waals surface area (Å²) in [5.74, 6) is 2.60. The highest BCUT2D eigenvalue weighted by Gasteiger charge is 2.23. The van der Waals surface area contributed by atoms with Gasteiger partial charge in [-0.15, -0.1) is 6.42 Å². The van der Waals surface area contributed by atoms with E-state index in [-0.39, 0.29) is 18.3 Å². The van der Waals surface area contributed by atoms with Crippen LogP contribution in [0.25, 0.3) is 0 Å². The van der Waals surface area contributed by atoms with Crippen LogP contribution in [0.15, 0.2) is 0 Å². The maximum absolute atomic E-state index is 12.4. The molecule has 0 spiro atoms. The Morgan fingerprint density at radius 2 is 2.30 bits per heavy atom. The number of amides is 1. The number of aromatic nitrogens is 1. The summed E-state index contributed by atoms with van der Waals surface area (Å²) in [6.07, 6.45) is 5.27. The molecule has 1 aliphatic heterocycles. The number of ether oxygens (including phenoxy) is 1. The molecular formula is C13H18N4O2S. The summed E-state index contributed by atoms with van der Waals surface area (Å²) in [7, 11) is 0. The van der Waals surface area contributed by atoms with E-state index in [1.807, 2.05) is 6.92 Å². The molecule has 1 aromatic rings. The van der Waals surface area contributed by atoms with E-state index in [1.165, 1.54) is 11.3 Å². The van der Waals surface area contributed by atoms with E-state index in [0.29, 0.717) is 24.6 Å². The van der Waals surface area contributed by atoms with Crippen molar-refractivity contribution in [3.63, 3.8) is 0 Å². The van der Waals surface area contributed by atoms with Gasteiger partial charge in [-0.1, -0.05) is 17.3 Å². The number of nitrogens with zero attached hydrogens (tertiary/aromatic N) is 3. The number of carbonyl (C=O) groups excluding carboxylic acids is 1. The molecule has 1 amide bonds. The van der Waals surface area contributed by atoms with Crippen molar-refractivity contribution in [1.82, 2.24) is 9.88 Å². The first-order chi connectivity index (χ1) is 9.67. The van der Waals surface area contributed by atoms with Crippen molar-refractivity contribution < 1.29 is 9.53 Å². The molecule has 0 unspecified atom stereocenters. The molecule has 0 aromatic carbocycles. The van der Waals surface area contributed by atoms with Crippen molar-refractivity contribution in [2.45, 2.75) is 6.92 Å². The molecule has 0 saturated carbocycles. The molecule has 0 radical (unpaired) electrons. The lowest BCUT2D eigenvalue weighted by Crippen LogP contribution is -2.36. The van der Waals surface area contributed by atoms with Crippen LogP contribution in [-0.2, 0) is 4.74 Å². The summed E-state index contributed by atoms with van der Waals surface area (Å²) in [6, 6.07) is 0. The molecule has 6 nitrogen and oxygen atoms in total. The summed E-state index contributed by atoms with van der Waals surface area (Å²) in [6.45, 7) is 5.58. The number of hydrogen-bond donors (Lipinski definition) is 1. The monoisotopic (exact) mass is 294 g/mol. The van der Waals surface area contributed by atoms with E-state index in [4.69, 9.17) is 16.9 Å². The first-order valence-electron chi connectivity index (χ1n) is 6.49. The van der Waals surface area contributed by atoms with Crippen molar-refractivity contribution in [1.29, 1.82) is 0 Å². The number of thiazole rings is 1. The predicted octanol–water partition coefficient (Wildman–Crippen LogP) is 0.657. The van der Waals surface area contributed by atoms with Crippen molar-refractivity contribution in [2.75, 3.05) is 50.0 Å². The van der Waals surface area contributed by atoms with Crippen molar-refractivity contribution in [2.24, 2.45) is 0 Å². The van der Waals surface area contributed by atoms with Crippen LogP contribution in [0, 0.1) is 12.3 Å². The topological polar surface area (TPSA) is 71.7 Å². The smallest absolute Gasteiger partial charge is 0.268 e. The standard InChI is InChI=1S/C13H18N4O2S/c1-3-5-16(4-2)12(18)10-11(14)15-13(20-10)17-6-8-19-9-7-17/h1H,4-9,14H2,2H3. The van der Waals surface area contributed by atoms with Crippen LogP contribution in [0.2, 0.25) is 0 Å². The summed E-state index contributed by atoms with van der Waals surface area (Å²) in [4.78, 5) is 20.8. The summed E-state index contributed by atoms with van der Waals surface area (Å²) in [5, 5.41) is 0.769. The molecule has 0 bridgehead atoms. The van der Waals surface area contributed by atoms with Crippen molar-refractivity contribution in [3.8, 4) is 12.3 Å². The van der Waals surface area contributed by atoms with Gasteiger partial charge in [0.1, 0.15) is 10.7 Å². The van der Waals surface area contributed by atoms with Crippen LogP contribution in [0.1, 0.15) is 16.6 Å². The molecule has 2 heterocycles. The van der Waals surface area contributed by atoms with Crippen LogP contribution in [-0.4, -0.2) is 55.2 Å². The lowest BCUT2D eigenvalue weighted by Gasteiger charge is -2.25. The molecule has 0 atom stereocenters. The first-order valence-corrected chi connectivity index (χ1v) is 7.30. The van der Waals surface area contributed by atoms with E-state index >= 15 is 0 Å². The Balaban J connectivity index is 2.18. The molecule has 2 rings (SSSR count). The van der Waals surface area contributed by atoms with Gasteiger partial charge in [-0.2, -0.15) is 0 Å². The highest BCUT2D eigenvalue weighted by Crippen LogP contribution is 2.29. The first kappa shape index (κ1) is 14.6. The zero-order chi connectivity index (χ0) is 14.5. The van der Waals surface area contributed by atoms with Gasteiger partial charge in [0.25, 0.3) is 5.91 Å². The molecular weight excluding hydrogens is 276 g/mol. The Hall–Kier alpha value is -1.78. The predicted molar refractivity (Wildman–Crippen MR) is 80.0 cm³/mol. The normalized spacial score (nSPS) is 14.9. The van der Waals surface area contributed by atoms with Gasteiger partial charge in [-0.05, 0) is 6.92 Å². The van der Waals surface area contributed by atoms with Crippen LogP contribution in [0.3, 0.4) is 0 Å². The quantitative estimate of drug-likeness (QED) is 0.826. The molecule has 1 fully saturated rings. The maximum atomic E-state index is 12.4. The van der Waals surface area contributed by atoms with E-state index in [2.05, 4.69) is 15.8 Å². The summed E-state index contributed by atoms with van der Waals surface area (Å²) >= 11 is 1.32. The number of nitrogen functional groups attached to an aromatic ring is 1. The van der Waals surface area contributed by atoms with Gasteiger partial charge in [-0.25, -0.2) is 4.98 Å². The van der Waals surface area contributed by atoms with Gasteiger partial charge in [-0.3, -0.25) is 4.79 Å². The SMILES string of the molecule is C#CCN(CC)C(=O)c1sc(N2CCOCC2)nc1N. The number of nitrogens with two attached hydrogens (primary N) is 1. The maximum Gasteiger partial charge on any atom is 0.268 e. The minimum absolute atomic E-state index is 0.153. The fraction of sp³-hybridized carbons (Fsp3) is 0.538. The second-order valence-electron chi connectivity index (χ2n) is 4.33. The molecule has 108 valence electrons. The fourth-order valence-electron chi connectivity index (χ4n) is 1.94. The third kappa shape index (κ3) is 3.03. The number of morpholine rings is 1. The molecule has 7 heteroatoms. The van der Waals surface area contributed by atoms with Gasteiger partial charge in [0.2, 0.25) is 0 Å². The number of rotatable bonds is 4. The minimum Gasteiger partial charge on any atom is -0.382 e. The second kappa shape index (κ2) is 6.59. The number of hydrogen-bond acceptors (Lipinski definition) is 6. The summed E-state index contributed by atoms with van der Waals surface area (Å²) < 4.78 is 5.30. The third-order valence-electron chi connectivity index (χ3n) is 3.07. The van der Waals surface area contributed by atoms with Crippen LogP contribution >= 0.6 is 11.3 Å². The molecule has 1 aromatic heterocycles. The minimum atomic E-state index is -0.153. The van der Waals surface area contributed by atoms with Crippen molar-refractivity contribution >= 4 is 28.2 Å². The number of anilines is 2. The van der Waals surface area contributed by atoms with Crippen LogP contribution in [0.4, 0.5) is 10.9 Å². The Bertz CT molecular complexity index is 517. The Labute approximate surface area is 122 Å². The molecule has 0 aliphatic carbocycles. The van der Waals surface area contributed by atoms with Crippen molar-refractivity contribution in [3.05, 3.63) is 4.88 Å². The largest absolute Gasteiger partial charge is 0.382 e. The Kier molecular flexibility index (Phi) is 4.82. The van der Waals surface area contributed by atoms with E-state index in [0.717, 1.165) is 18.2 Å². The van der Waals surface area contributed by atoms with Crippen LogP contribution in [0.5, 0.6) is 0 Å². The van der Waals surface area contributed by atoms with E-state index in [9.17, 15) is 4.79 Å². The third-order valence-corrected chi connectivity index (χ3v) is 4.19. The molecule has 1 saturated heterocycles. The van der Waals surface area contributed by atoms with E-state index in [1.54, 1.807) is 4.90 Å². The number of carbonyl (C=O) groups is 1. The molecule has 2 N–H and O–H groups in total. The van der Waals surface area contributed by atoms with Gasteiger partial charge in [0, 0.05) is 19.6 Å². The highest BCUT2D eigenvalue weighted by atomic mass is 32.1. The Morgan fingerprint density at radius 3 is 2.90 bits per heavy atom. The summed E-state index contributed by atoms with van der Waals surface area (Å²) in [5.41, 5.74) is 5.88.